The zero-order chi connectivity index (χ0) is 29.9. The van der Waals surface area contributed by atoms with Crippen LogP contribution in [0.5, 0.6) is 0 Å². The number of aromatic nitrogens is 1. The van der Waals surface area contributed by atoms with Gasteiger partial charge >= 0.3 is 31.1 Å². The smallest absolute Gasteiger partial charge is 0.510 e. The van der Waals surface area contributed by atoms with E-state index in [1.54, 1.807) is 0 Å². The van der Waals surface area contributed by atoms with Gasteiger partial charge in [-0.15, -0.1) is 17.7 Å². The Bertz CT molecular complexity index is 2400. The van der Waals surface area contributed by atoms with Crippen molar-refractivity contribution in [2.24, 2.45) is 5.73 Å². The molecule has 218 valence electrons. The van der Waals surface area contributed by atoms with Gasteiger partial charge in [0, 0.05) is 27.4 Å². The Labute approximate surface area is 291 Å². The van der Waals surface area contributed by atoms with E-state index in [-0.39, 0.29) is 31.1 Å². The molecule has 9 rings (SSSR count). The van der Waals surface area contributed by atoms with E-state index < -0.39 is 0 Å². The summed E-state index contributed by atoms with van der Waals surface area (Å²) in [5.74, 6) is 0. The van der Waals surface area contributed by atoms with E-state index in [1.807, 2.05) is 12.1 Å². The van der Waals surface area contributed by atoms with Crippen LogP contribution in [0, 0.1) is 43.2 Å². The van der Waals surface area contributed by atoms with Crippen LogP contribution in [-0.4, -0.2) is 4.57 Å². The topological polar surface area (TPSA) is 44.1 Å². The Hall–Kier alpha value is -4.49. The molecular weight excluding hydrogens is 787 g/mol. The van der Waals surface area contributed by atoms with Gasteiger partial charge in [-0.25, -0.2) is 5.56 Å². The minimum atomic E-state index is 0. The molecule has 2 aromatic heterocycles. The first-order chi connectivity index (χ1) is 22.2. The summed E-state index contributed by atoms with van der Waals surface area (Å²) in [6.45, 7) is 0. The van der Waals surface area contributed by atoms with Gasteiger partial charge < -0.3 is 14.7 Å². The molecular formula is C42H30N2OU. The first-order valence-corrected chi connectivity index (χ1v) is 15.7. The Morgan fingerprint density at radius 1 is 0.696 bits per heavy atom. The molecule has 0 amide bonds. The van der Waals surface area contributed by atoms with Crippen LogP contribution < -0.4 is 5.73 Å². The summed E-state index contributed by atoms with van der Waals surface area (Å²) in [5.41, 5.74) is 19.5. The molecule has 0 saturated carbocycles. The molecule has 0 unspecified atom stereocenters. The third-order valence-electron chi connectivity index (χ3n) is 9.27. The second-order valence-corrected chi connectivity index (χ2v) is 11.9. The summed E-state index contributed by atoms with van der Waals surface area (Å²) < 4.78 is 8.87. The molecule has 2 N–H and O–H groups in total. The Morgan fingerprint density at radius 3 is 2.26 bits per heavy atom. The van der Waals surface area contributed by atoms with Crippen molar-refractivity contribution in [3.8, 4) is 11.1 Å². The number of benzene rings is 5. The molecule has 0 saturated heterocycles. The van der Waals surface area contributed by atoms with Crippen molar-refractivity contribution in [1.82, 2.24) is 4.57 Å². The Balaban J connectivity index is 0.00000312. The first-order valence-electron chi connectivity index (χ1n) is 15.7. The van der Waals surface area contributed by atoms with Crippen molar-refractivity contribution in [1.29, 1.82) is 0 Å². The number of furan rings is 1. The fourth-order valence-corrected chi connectivity index (χ4v) is 7.17. The molecule has 7 aromatic rings. The van der Waals surface area contributed by atoms with E-state index in [1.165, 1.54) is 21.9 Å². The quantitative estimate of drug-likeness (QED) is 0.180. The van der Waals surface area contributed by atoms with Crippen molar-refractivity contribution >= 4 is 60.6 Å². The predicted molar refractivity (Wildman–Crippen MR) is 187 cm³/mol. The normalized spacial score (nSPS) is 15.0. The summed E-state index contributed by atoms with van der Waals surface area (Å²) in [6.07, 6.45) is 13.0. The van der Waals surface area contributed by atoms with E-state index in [4.69, 9.17) is 10.2 Å². The van der Waals surface area contributed by atoms with Crippen molar-refractivity contribution < 1.29 is 35.5 Å². The summed E-state index contributed by atoms with van der Waals surface area (Å²) in [5, 5.41) is 4.66. The molecule has 0 fully saturated rings. The van der Waals surface area contributed by atoms with Gasteiger partial charge in [-0.2, -0.15) is 35.9 Å². The largest absolute Gasteiger partial charge is 2.00 e. The standard InChI is InChI=1S/C42H30N2O.U/c43-37-20-10-17-31(41(37)44-38-21-6-4-15-33(38)34-16-5-7-22-39(34)44)29-13-8-14-30(25-29)32-18-9-19-35-36-26-28(27-11-2-1-3-12-27)23-24-40(36)45-42(32)35;/h2,4-9,11-13,15-17,19,21-26H,1,3,10,20,43H2;/q-2;+2. The average Bonchev–Trinajstić information content (AvgIpc) is 3.64. The number of fused-ring (bicyclic) bond motifs is 6. The minimum Gasteiger partial charge on any atom is -0.510 e. The maximum Gasteiger partial charge on any atom is 2.00 e. The predicted octanol–water partition coefficient (Wildman–Crippen LogP) is 10.7. The van der Waals surface area contributed by atoms with Crippen molar-refractivity contribution in [2.45, 2.75) is 25.7 Å². The number of nitrogens with two attached hydrogens (primary N) is 1. The number of hydrogen-bond acceptors (Lipinski definition) is 2. The van der Waals surface area contributed by atoms with Crippen LogP contribution in [0.4, 0.5) is 0 Å². The van der Waals surface area contributed by atoms with Crippen molar-refractivity contribution in [2.75, 3.05) is 0 Å². The van der Waals surface area contributed by atoms with Crippen LogP contribution in [0.3, 0.4) is 0 Å². The van der Waals surface area contributed by atoms with Gasteiger partial charge in [-0.3, -0.25) is 0 Å². The molecule has 2 aliphatic rings. The molecule has 0 aliphatic heterocycles. The summed E-state index contributed by atoms with van der Waals surface area (Å²) >= 11 is 0. The van der Waals surface area contributed by atoms with E-state index in [0.29, 0.717) is 0 Å². The third-order valence-corrected chi connectivity index (χ3v) is 9.27. The van der Waals surface area contributed by atoms with Gasteiger partial charge in [0.1, 0.15) is 5.58 Å². The molecule has 0 bridgehead atoms. The fraction of sp³-hybridized carbons (Fsp3) is 0.0952. The Morgan fingerprint density at radius 2 is 1.48 bits per heavy atom. The minimum absolute atomic E-state index is 0. The molecule has 4 heteroatoms. The molecule has 2 aliphatic carbocycles. The average molecular weight is 817 g/mol. The Kier molecular flexibility index (Phi) is 7.37. The van der Waals surface area contributed by atoms with E-state index in [0.717, 1.165) is 92.3 Å². The number of para-hydroxylation sites is 2. The molecule has 0 radical (unpaired) electrons. The van der Waals surface area contributed by atoms with Crippen LogP contribution in [-0.2, 0) is 0 Å². The second kappa shape index (κ2) is 11.7. The number of hydrogen-bond donors (Lipinski definition) is 1. The number of allylic oxidation sites excluding steroid dienone is 8. The second-order valence-electron chi connectivity index (χ2n) is 11.9. The SMILES string of the molecule is NC1=C(n2c3ccccc3c3ccccc32)C(c2cc[c-]c(-c3[c-]ccc4c3oc3ccc(C5=CCCC=C5)cc34)c2)=CCC1.[U+2]. The maximum absolute atomic E-state index is 6.89. The summed E-state index contributed by atoms with van der Waals surface area (Å²) in [7, 11) is 0. The maximum atomic E-state index is 6.89. The van der Waals surface area contributed by atoms with Crippen molar-refractivity contribution in [3.05, 3.63) is 150 Å². The van der Waals surface area contributed by atoms with Gasteiger partial charge in [-0.1, -0.05) is 72.2 Å². The summed E-state index contributed by atoms with van der Waals surface area (Å²) in [4.78, 5) is 0. The first kappa shape index (κ1) is 28.9. The van der Waals surface area contributed by atoms with Gasteiger partial charge in [0.2, 0.25) is 0 Å². The molecule has 0 spiro atoms. The van der Waals surface area contributed by atoms with Crippen LogP contribution in [0.15, 0.2) is 131 Å². The number of rotatable bonds is 4. The van der Waals surface area contributed by atoms with Crippen LogP contribution >= 0.6 is 0 Å². The van der Waals surface area contributed by atoms with E-state index in [9.17, 15) is 0 Å². The zero-order valence-corrected chi connectivity index (χ0v) is 29.5. The summed E-state index contributed by atoms with van der Waals surface area (Å²) in [6, 6.07) is 41.1. The van der Waals surface area contributed by atoms with E-state index in [2.05, 4.69) is 126 Å². The van der Waals surface area contributed by atoms with Crippen LogP contribution in [0.2, 0.25) is 0 Å². The number of nitrogens with zero attached hydrogens (tertiary/aromatic N) is 1. The third kappa shape index (κ3) is 4.63. The fourth-order valence-electron chi connectivity index (χ4n) is 7.17. The van der Waals surface area contributed by atoms with Gasteiger partial charge in [0.25, 0.3) is 0 Å². The molecule has 2 heterocycles. The monoisotopic (exact) mass is 816 g/mol. The van der Waals surface area contributed by atoms with E-state index >= 15 is 0 Å². The van der Waals surface area contributed by atoms with Crippen LogP contribution in [0.1, 0.15) is 36.8 Å². The van der Waals surface area contributed by atoms with Gasteiger partial charge in [0.15, 0.2) is 0 Å². The zero-order valence-electron chi connectivity index (χ0n) is 25.3. The van der Waals surface area contributed by atoms with Gasteiger partial charge in [-0.05, 0) is 66.7 Å². The molecule has 0 atom stereocenters. The van der Waals surface area contributed by atoms with Crippen LogP contribution in [0.25, 0.3) is 71.7 Å². The molecule has 5 aromatic carbocycles. The van der Waals surface area contributed by atoms with Gasteiger partial charge in [0.05, 0.1) is 16.7 Å². The molecule has 3 nitrogen and oxygen atoms in total. The van der Waals surface area contributed by atoms with Crippen molar-refractivity contribution in [3.63, 3.8) is 0 Å². The molecule has 46 heavy (non-hydrogen) atoms.